The van der Waals surface area contributed by atoms with Gasteiger partial charge in [0.15, 0.2) is 0 Å². The maximum Gasteiger partial charge on any atom is 0.451 e. The lowest BCUT2D eigenvalue weighted by molar-refractivity contribution is -0.145. The standard InChI is InChI=1S/C21H15F4N5OS/c1-12-10-17(30(29-12)14-8-6-13(22)7-9-14)27-18(31)11-32-19-15-4-2-3-5-16(15)26-20(28-19)21(23,24)25/h2-10H,11H2,1H3,(H,27,31). The molecule has 1 N–H and O–H groups in total. The molecule has 0 aliphatic heterocycles. The normalized spacial score (nSPS) is 11.7. The number of alkyl halides is 3. The SMILES string of the molecule is Cc1cc(NC(=O)CSc2nc(C(F)(F)F)nc3ccccc23)n(-c2ccc(F)cc2)n1. The van der Waals surface area contributed by atoms with Gasteiger partial charge in [-0.25, -0.2) is 19.0 Å². The zero-order valence-electron chi connectivity index (χ0n) is 16.5. The summed E-state index contributed by atoms with van der Waals surface area (Å²) in [4.78, 5) is 19.7. The maximum atomic E-state index is 13.2. The third-order valence-electron chi connectivity index (χ3n) is 4.33. The second-order valence-corrected chi connectivity index (χ2v) is 7.73. The third-order valence-corrected chi connectivity index (χ3v) is 5.32. The highest BCUT2D eigenvalue weighted by molar-refractivity contribution is 8.00. The number of carbonyl (C=O) groups excluding carboxylic acids is 1. The first-order valence-electron chi connectivity index (χ1n) is 9.30. The number of aryl methyl sites for hydroxylation is 1. The molecular weight excluding hydrogens is 446 g/mol. The number of hydrogen-bond donors (Lipinski definition) is 1. The molecule has 164 valence electrons. The van der Waals surface area contributed by atoms with E-state index < -0.39 is 23.7 Å². The molecule has 2 aromatic carbocycles. The van der Waals surface area contributed by atoms with Gasteiger partial charge in [-0.05, 0) is 37.3 Å². The highest BCUT2D eigenvalue weighted by atomic mass is 32.2. The number of rotatable bonds is 5. The van der Waals surface area contributed by atoms with Gasteiger partial charge < -0.3 is 5.32 Å². The molecule has 1 amide bonds. The van der Waals surface area contributed by atoms with Crippen molar-refractivity contribution in [1.29, 1.82) is 0 Å². The molecule has 0 fully saturated rings. The lowest BCUT2D eigenvalue weighted by Crippen LogP contribution is -2.17. The first-order chi connectivity index (χ1) is 15.2. The molecule has 0 atom stereocenters. The van der Waals surface area contributed by atoms with E-state index in [9.17, 15) is 22.4 Å². The highest BCUT2D eigenvalue weighted by Crippen LogP contribution is 2.32. The summed E-state index contributed by atoms with van der Waals surface area (Å²) in [5, 5.41) is 7.46. The van der Waals surface area contributed by atoms with Crippen molar-refractivity contribution in [2.24, 2.45) is 0 Å². The fraction of sp³-hybridized carbons (Fsp3) is 0.143. The van der Waals surface area contributed by atoms with Crippen LogP contribution in [0.25, 0.3) is 16.6 Å². The van der Waals surface area contributed by atoms with E-state index >= 15 is 0 Å². The molecule has 0 bridgehead atoms. The minimum Gasteiger partial charge on any atom is -0.310 e. The van der Waals surface area contributed by atoms with E-state index in [2.05, 4.69) is 20.4 Å². The van der Waals surface area contributed by atoms with Gasteiger partial charge in [0.05, 0.1) is 22.7 Å². The van der Waals surface area contributed by atoms with Crippen molar-refractivity contribution in [1.82, 2.24) is 19.7 Å². The lowest BCUT2D eigenvalue weighted by Gasteiger charge is -2.11. The fourth-order valence-electron chi connectivity index (χ4n) is 2.96. The smallest absolute Gasteiger partial charge is 0.310 e. The van der Waals surface area contributed by atoms with E-state index in [4.69, 9.17) is 0 Å². The van der Waals surface area contributed by atoms with Crippen molar-refractivity contribution < 1.29 is 22.4 Å². The molecule has 4 rings (SSSR count). The van der Waals surface area contributed by atoms with Crippen molar-refractivity contribution in [3.05, 3.63) is 71.9 Å². The first kappa shape index (κ1) is 21.8. The summed E-state index contributed by atoms with van der Waals surface area (Å²) in [6, 6.07) is 13.5. The average molecular weight is 461 g/mol. The molecule has 0 aliphatic carbocycles. The first-order valence-corrected chi connectivity index (χ1v) is 10.3. The van der Waals surface area contributed by atoms with Crippen molar-refractivity contribution in [2.75, 3.05) is 11.1 Å². The summed E-state index contributed by atoms with van der Waals surface area (Å²) >= 11 is 0.876. The van der Waals surface area contributed by atoms with E-state index in [1.165, 1.54) is 35.0 Å². The topological polar surface area (TPSA) is 72.7 Å². The molecule has 0 saturated carbocycles. The van der Waals surface area contributed by atoms with Gasteiger partial charge in [-0.3, -0.25) is 4.79 Å². The lowest BCUT2D eigenvalue weighted by atomic mass is 10.2. The van der Waals surface area contributed by atoms with Crippen LogP contribution in [0.3, 0.4) is 0 Å². The summed E-state index contributed by atoms with van der Waals surface area (Å²) in [7, 11) is 0. The number of para-hydroxylation sites is 1. The van der Waals surface area contributed by atoms with Crippen molar-refractivity contribution in [3.8, 4) is 5.69 Å². The van der Waals surface area contributed by atoms with Gasteiger partial charge in [0, 0.05) is 11.5 Å². The Kier molecular flexibility index (Phi) is 5.83. The van der Waals surface area contributed by atoms with Crippen LogP contribution in [0.4, 0.5) is 23.4 Å². The largest absolute Gasteiger partial charge is 0.451 e. The molecule has 0 unspecified atom stereocenters. The Balaban J connectivity index is 1.54. The van der Waals surface area contributed by atoms with Crippen LogP contribution in [-0.4, -0.2) is 31.4 Å². The molecule has 6 nitrogen and oxygen atoms in total. The van der Waals surface area contributed by atoms with Gasteiger partial charge >= 0.3 is 6.18 Å². The van der Waals surface area contributed by atoms with Gasteiger partial charge in [-0.15, -0.1) is 0 Å². The molecule has 32 heavy (non-hydrogen) atoms. The number of fused-ring (bicyclic) bond motifs is 1. The monoisotopic (exact) mass is 461 g/mol. The van der Waals surface area contributed by atoms with Crippen LogP contribution in [-0.2, 0) is 11.0 Å². The third kappa shape index (κ3) is 4.72. The Morgan fingerprint density at radius 2 is 1.81 bits per heavy atom. The number of nitrogens with zero attached hydrogens (tertiary/aromatic N) is 4. The summed E-state index contributed by atoms with van der Waals surface area (Å²) in [5.74, 6) is -1.97. The number of carbonyl (C=O) groups is 1. The Bertz CT molecular complexity index is 1290. The van der Waals surface area contributed by atoms with E-state index in [0.29, 0.717) is 22.6 Å². The van der Waals surface area contributed by atoms with Crippen LogP contribution >= 0.6 is 11.8 Å². The van der Waals surface area contributed by atoms with Gasteiger partial charge in [0.1, 0.15) is 16.7 Å². The quantitative estimate of drug-likeness (QED) is 0.257. The number of thioether (sulfide) groups is 1. The number of benzene rings is 2. The number of hydrogen-bond acceptors (Lipinski definition) is 5. The van der Waals surface area contributed by atoms with Crippen LogP contribution < -0.4 is 5.32 Å². The summed E-state index contributed by atoms with van der Waals surface area (Å²) in [5.41, 5.74) is 1.30. The van der Waals surface area contributed by atoms with E-state index in [0.717, 1.165) is 11.8 Å². The Hall–Kier alpha value is -3.47. The molecule has 0 radical (unpaired) electrons. The molecule has 11 heteroatoms. The van der Waals surface area contributed by atoms with Gasteiger partial charge in [-0.2, -0.15) is 18.3 Å². The fourth-order valence-corrected chi connectivity index (χ4v) is 3.78. The second kappa shape index (κ2) is 8.58. The zero-order chi connectivity index (χ0) is 22.9. The maximum absolute atomic E-state index is 13.2. The van der Waals surface area contributed by atoms with Crippen LogP contribution in [0.15, 0.2) is 59.6 Å². The molecule has 2 heterocycles. The predicted octanol–water partition coefficient (Wildman–Crippen LogP) is 5.01. The molecule has 0 spiro atoms. The molecule has 0 aliphatic rings. The minimum absolute atomic E-state index is 0.0568. The number of halogens is 4. The summed E-state index contributed by atoms with van der Waals surface area (Å²) in [6.07, 6.45) is -4.71. The number of nitrogens with one attached hydrogen (secondary N) is 1. The Morgan fingerprint density at radius 1 is 1.09 bits per heavy atom. The highest BCUT2D eigenvalue weighted by Gasteiger charge is 2.35. The minimum atomic E-state index is -4.71. The Morgan fingerprint density at radius 3 is 2.53 bits per heavy atom. The molecule has 0 saturated heterocycles. The van der Waals surface area contributed by atoms with Crippen LogP contribution in [0.1, 0.15) is 11.5 Å². The zero-order valence-corrected chi connectivity index (χ0v) is 17.3. The average Bonchev–Trinajstić information content (AvgIpc) is 3.11. The number of aromatic nitrogens is 4. The van der Waals surface area contributed by atoms with Crippen molar-refractivity contribution >= 4 is 34.4 Å². The molecule has 2 aromatic heterocycles. The van der Waals surface area contributed by atoms with Crippen LogP contribution in [0.2, 0.25) is 0 Å². The van der Waals surface area contributed by atoms with Gasteiger partial charge in [-0.1, -0.05) is 30.0 Å². The Labute approximate surface area is 183 Å². The summed E-state index contributed by atoms with van der Waals surface area (Å²) in [6.45, 7) is 1.73. The summed E-state index contributed by atoms with van der Waals surface area (Å²) < 4.78 is 54.2. The van der Waals surface area contributed by atoms with Crippen molar-refractivity contribution in [3.63, 3.8) is 0 Å². The molecular formula is C21H15F4N5OS. The molecule has 4 aromatic rings. The number of anilines is 1. The van der Waals surface area contributed by atoms with Gasteiger partial charge in [0.25, 0.3) is 0 Å². The van der Waals surface area contributed by atoms with Crippen LogP contribution in [0, 0.1) is 12.7 Å². The predicted molar refractivity (Wildman–Crippen MR) is 112 cm³/mol. The van der Waals surface area contributed by atoms with Crippen molar-refractivity contribution in [2.45, 2.75) is 18.1 Å². The van der Waals surface area contributed by atoms with Crippen LogP contribution in [0.5, 0.6) is 0 Å². The van der Waals surface area contributed by atoms with E-state index in [1.54, 1.807) is 31.2 Å². The van der Waals surface area contributed by atoms with Gasteiger partial charge in [0.2, 0.25) is 11.7 Å². The number of amides is 1. The second-order valence-electron chi connectivity index (χ2n) is 6.76. The van der Waals surface area contributed by atoms with E-state index in [-0.39, 0.29) is 16.3 Å². The van der Waals surface area contributed by atoms with E-state index in [1.807, 2.05) is 0 Å².